The van der Waals surface area contributed by atoms with Crippen LogP contribution in [0.25, 0.3) is 0 Å². The second kappa shape index (κ2) is 2.13. The Kier molecular flexibility index (Phi) is 1.98. The first-order valence-corrected chi connectivity index (χ1v) is 5.45. The summed E-state index contributed by atoms with van der Waals surface area (Å²) < 4.78 is 0. The van der Waals surface area contributed by atoms with Gasteiger partial charge < -0.3 is 5.11 Å². The van der Waals surface area contributed by atoms with E-state index in [9.17, 15) is 4.79 Å². The molecular formula is C5H10O2Si. The highest BCUT2D eigenvalue weighted by Crippen LogP contribution is 2.02. The smallest absolute Gasteiger partial charge is 0.273 e. The van der Waals surface area contributed by atoms with E-state index in [4.69, 9.17) is 5.11 Å². The van der Waals surface area contributed by atoms with Crippen molar-refractivity contribution in [2.75, 3.05) is 0 Å². The summed E-state index contributed by atoms with van der Waals surface area (Å²) in [6, 6.07) is 0. The SMILES string of the molecule is C=C[Si](C)(C)C(=O)O. The Morgan fingerprint density at radius 2 is 2.12 bits per heavy atom. The van der Waals surface area contributed by atoms with Crippen molar-refractivity contribution < 1.29 is 9.90 Å². The monoisotopic (exact) mass is 130 g/mol. The molecule has 0 amide bonds. The van der Waals surface area contributed by atoms with Crippen molar-refractivity contribution in [2.24, 2.45) is 0 Å². The Labute approximate surface area is 49.8 Å². The van der Waals surface area contributed by atoms with Crippen LogP contribution in [0.15, 0.2) is 12.3 Å². The zero-order chi connectivity index (χ0) is 6.78. The normalized spacial score (nSPS) is 10.8. The van der Waals surface area contributed by atoms with Crippen LogP contribution in [0, 0.1) is 0 Å². The van der Waals surface area contributed by atoms with Gasteiger partial charge in [-0.2, -0.15) is 0 Å². The summed E-state index contributed by atoms with van der Waals surface area (Å²) in [5.41, 5.74) is 0.850. The molecule has 8 heavy (non-hydrogen) atoms. The third-order valence-corrected chi connectivity index (χ3v) is 3.18. The van der Waals surface area contributed by atoms with Crippen LogP contribution in [-0.4, -0.2) is 18.8 Å². The maximum atomic E-state index is 10.2. The highest BCUT2D eigenvalue weighted by Gasteiger charge is 2.25. The van der Waals surface area contributed by atoms with E-state index in [1.807, 2.05) is 0 Å². The topological polar surface area (TPSA) is 37.3 Å². The van der Waals surface area contributed by atoms with Gasteiger partial charge in [-0.25, -0.2) is 0 Å². The van der Waals surface area contributed by atoms with E-state index in [2.05, 4.69) is 6.58 Å². The van der Waals surface area contributed by atoms with Gasteiger partial charge in [0.15, 0.2) is 0 Å². The summed E-state index contributed by atoms with van der Waals surface area (Å²) in [5.74, 6) is 0. The summed E-state index contributed by atoms with van der Waals surface area (Å²) in [5, 5.41) is 8.43. The molecule has 0 aliphatic rings. The van der Waals surface area contributed by atoms with E-state index in [0.29, 0.717) is 0 Å². The molecule has 1 N–H and O–H groups in total. The fourth-order valence-electron chi connectivity index (χ4n) is 0.0873. The summed E-state index contributed by atoms with van der Waals surface area (Å²) in [6.45, 7) is 6.91. The van der Waals surface area contributed by atoms with E-state index in [-0.39, 0.29) is 0 Å². The minimum absolute atomic E-state index is 0.701. The van der Waals surface area contributed by atoms with Crippen molar-refractivity contribution in [3.05, 3.63) is 12.3 Å². The van der Waals surface area contributed by atoms with Crippen LogP contribution in [0.3, 0.4) is 0 Å². The van der Waals surface area contributed by atoms with Crippen molar-refractivity contribution in [1.29, 1.82) is 0 Å². The van der Waals surface area contributed by atoms with Gasteiger partial charge in [0, 0.05) is 0 Å². The van der Waals surface area contributed by atoms with Crippen LogP contribution in [0.1, 0.15) is 0 Å². The second-order valence-electron chi connectivity index (χ2n) is 2.23. The molecule has 0 aliphatic carbocycles. The molecule has 0 aliphatic heterocycles. The molecule has 3 heteroatoms. The predicted octanol–water partition coefficient (Wildman–Crippen LogP) is 1.68. The molecule has 0 saturated heterocycles. The average molecular weight is 130 g/mol. The van der Waals surface area contributed by atoms with Gasteiger partial charge in [0.1, 0.15) is 0 Å². The van der Waals surface area contributed by atoms with Crippen molar-refractivity contribution in [3.63, 3.8) is 0 Å². The average Bonchev–Trinajstić information content (AvgIpc) is 1.67. The van der Waals surface area contributed by atoms with Crippen LogP contribution in [0.5, 0.6) is 0 Å². The molecule has 0 aromatic rings. The maximum absolute atomic E-state index is 10.2. The van der Waals surface area contributed by atoms with Gasteiger partial charge in [-0.05, 0) is 0 Å². The third kappa shape index (κ3) is 1.50. The lowest BCUT2D eigenvalue weighted by atomic mass is 11.3. The van der Waals surface area contributed by atoms with Crippen molar-refractivity contribution >= 4 is 13.7 Å². The van der Waals surface area contributed by atoms with Crippen LogP contribution in [-0.2, 0) is 0 Å². The number of carbonyl (C=O) groups is 1. The molecule has 0 atom stereocenters. The zero-order valence-corrected chi connectivity index (χ0v) is 6.14. The molecule has 0 radical (unpaired) electrons. The molecular weight excluding hydrogens is 120 g/mol. The Morgan fingerprint density at radius 1 is 1.75 bits per heavy atom. The number of hydrogen-bond donors (Lipinski definition) is 1. The fraction of sp³-hybridized carbons (Fsp3) is 0.400. The molecule has 0 aromatic carbocycles. The van der Waals surface area contributed by atoms with Crippen molar-refractivity contribution in [1.82, 2.24) is 0 Å². The van der Waals surface area contributed by atoms with E-state index in [0.717, 1.165) is 0 Å². The van der Waals surface area contributed by atoms with Gasteiger partial charge in [-0.3, -0.25) is 4.79 Å². The fourth-order valence-corrected chi connectivity index (χ4v) is 0.262. The third-order valence-electron chi connectivity index (χ3n) is 1.06. The van der Waals surface area contributed by atoms with Gasteiger partial charge in [0.2, 0.25) is 8.07 Å². The minimum Gasteiger partial charge on any atom is -0.485 e. The lowest BCUT2D eigenvalue weighted by molar-refractivity contribution is 0.218. The zero-order valence-electron chi connectivity index (χ0n) is 5.14. The summed E-state index contributed by atoms with van der Waals surface area (Å²) in [6.07, 6.45) is 0. The molecule has 0 heterocycles. The summed E-state index contributed by atoms with van der Waals surface area (Å²) in [7, 11) is -2.07. The maximum Gasteiger partial charge on any atom is 0.273 e. The Balaban J connectivity index is 4.12. The van der Waals surface area contributed by atoms with Gasteiger partial charge >= 0.3 is 0 Å². The molecule has 0 bridgehead atoms. The summed E-state index contributed by atoms with van der Waals surface area (Å²) in [4.78, 5) is 10.2. The Hall–Kier alpha value is -0.573. The van der Waals surface area contributed by atoms with Crippen LogP contribution >= 0.6 is 0 Å². The van der Waals surface area contributed by atoms with Gasteiger partial charge in [-0.15, -0.1) is 6.58 Å². The first kappa shape index (κ1) is 7.43. The Morgan fingerprint density at radius 3 is 2.12 bits per heavy atom. The van der Waals surface area contributed by atoms with Crippen molar-refractivity contribution in [3.8, 4) is 0 Å². The lowest BCUT2D eigenvalue weighted by Gasteiger charge is -2.07. The molecule has 0 spiro atoms. The molecule has 0 aromatic heterocycles. The summed E-state index contributed by atoms with van der Waals surface area (Å²) >= 11 is 0. The largest absolute Gasteiger partial charge is 0.485 e. The van der Waals surface area contributed by atoms with Gasteiger partial charge in [0.25, 0.3) is 5.59 Å². The predicted molar refractivity (Wildman–Crippen MR) is 35.7 cm³/mol. The quantitative estimate of drug-likeness (QED) is 0.577. The van der Waals surface area contributed by atoms with Crippen LogP contribution in [0.2, 0.25) is 13.1 Å². The lowest BCUT2D eigenvalue weighted by Crippen LogP contribution is -2.33. The highest BCUT2D eigenvalue weighted by molar-refractivity contribution is 7.06. The van der Waals surface area contributed by atoms with E-state index < -0.39 is 13.7 Å². The highest BCUT2D eigenvalue weighted by atomic mass is 28.3. The van der Waals surface area contributed by atoms with E-state index >= 15 is 0 Å². The number of rotatable bonds is 2. The van der Waals surface area contributed by atoms with Gasteiger partial charge in [-0.1, -0.05) is 18.8 Å². The minimum atomic E-state index is -2.07. The van der Waals surface area contributed by atoms with E-state index in [1.54, 1.807) is 18.8 Å². The number of carboxylic acid groups (broad SMARTS) is 1. The van der Waals surface area contributed by atoms with E-state index in [1.165, 1.54) is 0 Å². The molecule has 2 nitrogen and oxygen atoms in total. The van der Waals surface area contributed by atoms with Crippen molar-refractivity contribution in [2.45, 2.75) is 13.1 Å². The molecule has 0 fully saturated rings. The molecule has 0 unspecified atom stereocenters. The second-order valence-corrected chi connectivity index (χ2v) is 6.51. The standard InChI is InChI=1S/C5H10O2Si/c1-4-8(2,3)5(6)7/h4H,1H2,2-3H3,(H,6,7). The molecule has 0 rings (SSSR count). The first-order chi connectivity index (χ1) is 3.50. The van der Waals surface area contributed by atoms with Crippen LogP contribution < -0.4 is 0 Å². The van der Waals surface area contributed by atoms with Crippen LogP contribution in [0.4, 0.5) is 4.79 Å². The molecule has 0 saturated carbocycles. The van der Waals surface area contributed by atoms with Gasteiger partial charge in [0.05, 0.1) is 0 Å². The molecule has 46 valence electrons. The Bertz CT molecular complexity index is 118. The number of hydrogen-bond acceptors (Lipinski definition) is 1. The first-order valence-electron chi connectivity index (χ1n) is 2.37.